The standard InChI is InChI=1S/C9H8FNO2S/c10-8-5-11-6(2-1-3-14)4-7(8)9(12)13/h1-2,4-5,14H,3H2,(H,12,13). The zero-order chi connectivity index (χ0) is 10.6. The van der Waals surface area contributed by atoms with Gasteiger partial charge < -0.3 is 5.11 Å². The second kappa shape index (κ2) is 4.76. The van der Waals surface area contributed by atoms with E-state index >= 15 is 0 Å². The third-order valence-corrected chi connectivity index (χ3v) is 1.71. The summed E-state index contributed by atoms with van der Waals surface area (Å²) in [6, 6.07) is 1.18. The van der Waals surface area contributed by atoms with Crippen LogP contribution in [0.5, 0.6) is 0 Å². The van der Waals surface area contributed by atoms with Crippen LogP contribution in [0.2, 0.25) is 0 Å². The molecule has 3 nitrogen and oxygen atoms in total. The number of hydrogen-bond acceptors (Lipinski definition) is 3. The molecule has 0 amide bonds. The average molecular weight is 213 g/mol. The second-order valence-corrected chi connectivity index (χ2v) is 2.84. The Morgan fingerprint density at radius 1 is 1.71 bits per heavy atom. The number of hydrogen-bond donors (Lipinski definition) is 2. The molecule has 0 fully saturated rings. The highest BCUT2D eigenvalue weighted by molar-refractivity contribution is 7.80. The van der Waals surface area contributed by atoms with E-state index in [0.29, 0.717) is 11.4 Å². The van der Waals surface area contributed by atoms with Gasteiger partial charge in [0.25, 0.3) is 0 Å². The van der Waals surface area contributed by atoms with Gasteiger partial charge in [-0.3, -0.25) is 4.98 Å². The lowest BCUT2D eigenvalue weighted by Crippen LogP contribution is -2.01. The smallest absolute Gasteiger partial charge is 0.338 e. The predicted octanol–water partition coefficient (Wildman–Crippen LogP) is 1.86. The van der Waals surface area contributed by atoms with Crippen LogP contribution < -0.4 is 0 Å². The monoisotopic (exact) mass is 213 g/mol. The van der Waals surface area contributed by atoms with E-state index in [2.05, 4.69) is 17.6 Å². The Morgan fingerprint density at radius 3 is 3.00 bits per heavy atom. The summed E-state index contributed by atoms with van der Waals surface area (Å²) in [5.74, 6) is -1.62. The molecule has 1 heterocycles. The van der Waals surface area contributed by atoms with Crippen molar-refractivity contribution in [2.24, 2.45) is 0 Å². The van der Waals surface area contributed by atoms with Crippen molar-refractivity contribution < 1.29 is 14.3 Å². The summed E-state index contributed by atoms with van der Waals surface area (Å²) >= 11 is 3.93. The van der Waals surface area contributed by atoms with Crippen molar-refractivity contribution in [3.05, 3.63) is 35.4 Å². The van der Waals surface area contributed by atoms with Crippen LogP contribution in [0, 0.1) is 5.82 Å². The van der Waals surface area contributed by atoms with Crippen LogP contribution in [0.4, 0.5) is 4.39 Å². The van der Waals surface area contributed by atoms with Gasteiger partial charge in [0, 0.05) is 5.75 Å². The Labute approximate surface area is 85.7 Å². The van der Waals surface area contributed by atoms with Crippen LogP contribution in [0.1, 0.15) is 16.1 Å². The summed E-state index contributed by atoms with van der Waals surface area (Å²) in [5, 5.41) is 8.61. The van der Waals surface area contributed by atoms with Crippen molar-refractivity contribution in [2.45, 2.75) is 0 Å². The highest BCUT2D eigenvalue weighted by Crippen LogP contribution is 2.09. The van der Waals surface area contributed by atoms with Crippen LogP contribution >= 0.6 is 12.6 Å². The molecule has 74 valence electrons. The minimum absolute atomic E-state index is 0.376. The van der Waals surface area contributed by atoms with Gasteiger partial charge in [-0.05, 0) is 12.1 Å². The zero-order valence-electron chi connectivity index (χ0n) is 7.14. The first-order valence-electron chi connectivity index (χ1n) is 3.81. The second-order valence-electron chi connectivity index (χ2n) is 2.48. The quantitative estimate of drug-likeness (QED) is 0.753. The number of rotatable bonds is 3. The van der Waals surface area contributed by atoms with Crippen LogP contribution in [0.3, 0.4) is 0 Å². The maximum atomic E-state index is 12.9. The van der Waals surface area contributed by atoms with Crippen molar-refractivity contribution in [1.82, 2.24) is 4.98 Å². The third-order valence-electron chi connectivity index (χ3n) is 1.50. The molecule has 5 heteroatoms. The maximum absolute atomic E-state index is 12.9. The lowest BCUT2D eigenvalue weighted by atomic mass is 10.2. The van der Waals surface area contributed by atoms with Gasteiger partial charge in [-0.15, -0.1) is 0 Å². The zero-order valence-corrected chi connectivity index (χ0v) is 8.04. The van der Waals surface area contributed by atoms with Crippen LogP contribution in [0.15, 0.2) is 18.3 Å². The lowest BCUT2D eigenvalue weighted by Gasteiger charge is -1.97. The minimum Gasteiger partial charge on any atom is -0.478 e. The van der Waals surface area contributed by atoms with E-state index in [-0.39, 0.29) is 5.56 Å². The maximum Gasteiger partial charge on any atom is 0.338 e. The third kappa shape index (κ3) is 2.56. The molecule has 0 aliphatic carbocycles. The van der Waals surface area contributed by atoms with E-state index < -0.39 is 11.8 Å². The number of aromatic nitrogens is 1. The Morgan fingerprint density at radius 2 is 2.43 bits per heavy atom. The number of nitrogens with zero attached hydrogens (tertiary/aromatic N) is 1. The van der Waals surface area contributed by atoms with Gasteiger partial charge in [0.05, 0.1) is 17.5 Å². The van der Waals surface area contributed by atoms with E-state index in [1.165, 1.54) is 6.07 Å². The predicted molar refractivity (Wildman–Crippen MR) is 54.0 cm³/mol. The summed E-state index contributed by atoms with van der Waals surface area (Å²) in [6.45, 7) is 0. The van der Waals surface area contributed by atoms with Crippen molar-refractivity contribution in [3.8, 4) is 0 Å². The number of carbonyl (C=O) groups is 1. The highest BCUT2D eigenvalue weighted by Gasteiger charge is 2.10. The summed E-state index contributed by atoms with van der Waals surface area (Å²) < 4.78 is 12.9. The van der Waals surface area contributed by atoms with Gasteiger partial charge in [-0.2, -0.15) is 12.6 Å². The number of thiol groups is 1. The molecule has 0 atom stereocenters. The highest BCUT2D eigenvalue weighted by atomic mass is 32.1. The molecule has 14 heavy (non-hydrogen) atoms. The van der Waals surface area contributed by atoms with Crippen LogP contribution in [0.25, 0.3) is 6.08 Å². The normalized spacial score (nSPS) is 10.7. The van der Waals surface area contributed by atoms with Gasteiger partial charge in [-0.1, -0.05) is 6.08 Å². The summed E-state index contributed by atoms with van der Waals surface area (Å²) in [4.78, 5) is 14.2. The number of aromatic carboxylic acids is 1. The number of carboxylic acid groups (broad SMARTS) is 1. The molecule has 0 unspecified atom stereocenters. The van der Waals surface area contributed by atoms with Gasteiger partial charge >= 0.3 is 5.97 Å². The van der Waals surface area contributed by atoms with E-state index in [1.807, 2.05) is 0 Å². The minimum atomic E-state index is -1.30. The number of carboxylic acids is 1. The molecule has 1 rings (SSSR count). The fourth-order valence-corrected chi connectivity index (χ4v) is 0.989. The summed E-state index contributed by atoms with van der Waals surface area (Å²) in [7, 11) is 0. The van der Waals surface area contributed by atoms with Gasteiger partial charge in [0.1, 0.15) is 0 Å². The van der Waals surface area contributed by atoms with E-state index in [0.717, 1.165) is 6.20 Å². The molecule has 0 saturated carbocycles. The molecule has 1 aromatic heterocycles. The first-order valence-corrected chi connectivity index (χ1v) is 4.44. The molecule has 0 radical (unpaired) electrons. The molecular weight excluding hydrogens is 205 g/mol. The Balaban J connectivity index is 3.06. The molecular formula is C9H8FNO2S. The largest absolute Gasteiger partial charge is 0.478 e. The summed E-state index contributed by atoms with van der Waals surface area (Å²) in [6.07, 6.45) is 4.16. The Hall–Kier alpha value is -1.36. The fraction of sp³-hybridized carbons (Fsp3) is 0.111. The molecule has 1 aromatic rings. The van der Waals surface area contributed by atoms with Gasteiger partial charge in [-0.25, -0.2) is 9.18 Å². The molecule has 0 aliphatic heterocycles. The molecule has 0 saturated heterocycles. The van der Waals surface area contributed by atoms with E-state index in [9.17, 15) is 9.18 Å². The van der Waals surface area contributed by atoms with Crippen molar-refractivity contribution >= 4 is 24.7 Å². The van der Waals surface area contributed by atoms with Crippen molar-refractivity contribution in [3.63, 3.8) is 0 Å². The molecule has 0 aromatic carbocycles. The Bertz CT molecular complexity index is 379. The summed E-state index contributed by atoms with van der Waals surface area (Å²) in [5.41, 5.74) is 0.0247. The Kier molecular flexibility index (Phi) is 3.64. The number of pyridine rings is 1. The molecule has 0 spiro atoms. The average Bonchev–Trinajstić information content (AvgIpc) is 2.16. The fourth-order valence-electron chi connectivity index (χ4n) is 0.883. The van der Waals surface area contributed by atoms with E-state index in [1.54, 1.807) is 12.2 Å². The molecule has 0 bridgehead atoms. The van der Waals surface area contributed by atoms with Crippen LogP contribution in [-0.2, 0) is 0 Å². The van der Waals surface area contributed by atoms with Gasteiger partial charge in [0.2, 0.25) is 0 Å². The van der Waals surface area contributed by atoms with Crippen molar-refractivity contribution in [1.29, 1.82) is 0 Å². The SMILES string of the molecule is O=C(O)c1cc(C=CCS)ncc1F. The first-order chi connectivity index (χ1) is 6.65. The number of halogens is 1. The topological polar surface area (TPSA) is 50.2 Å². The van der Waals surface area contributed by atoms with Crippen LogP contribution in [-0.4, -0.2) is 21.8 Å². The molecule has 0 aliphatic rings. The van der Waals surface area contributed by atoms with E-state index in [4.69, 9.17) is 5.11 Å². The molecule has 1 N–H and O–H groups in total. The van der Waals surface area contributed by atoms with Gasteiger partial charge in [0.15, 0.2) is 5.82 Å². The first kappa shape index (κ1) is 10.7. The van der Waals surface area contributed by atoms with Crippen molar-refractivity contribution in [2.75, 3.05) is 5.75 Å². The lowest BCUT2D eigenvalue weighted by molar-refractivity contribution is 0.0691.